The van der Waals surface area contributed by atoms with Crippen LogP contribution in [0.1, 0.15) is 18.4 Å². The highest BCUT2D eigenvalue weighted by Crippen LogP contribution is 2.36. The average Bonchev–Trinajstić information content (AvgIpc) is 2.39. The van der Waals surface area contributed by atoms with Gasteiger partial charge in [0.15, 0.2) is 0 Å². The molecule has 0 aliphatic carbocycles. The maximum absolute atomic E-state index is 11.3. The molecule has 3 nitrogen and oxygen atoms in total. The van der Waals surface area contributed by atoms with Gasteiger partial charge in [-0.15, -0.1) is 0 Å². The molecule has 0 aromatic heterocycles. The van der Waals surface area contributed by atoms with E-state index in [2.05, 4.69) is 0 Å². The van der Waals surface area contributed by atoms with Gasteiger partial charge < -0.3 is 9.84 Å². The maximum atomic E-state index is 11.3. The molecule has 0 saturated heterocycles. The van der Waals surface area contributed by atoms with Gasteiger partial charge in [0.25, 0.3) is 0 Å². The third-order valence-electron chi connectivity index (χ3n) is 2.20. The van der Waals surface area contributed by atoms with E-state index in [9.17, 15) is 9.90 Å². The average molecular weight is 178 g/mol. The lowest BCUT2D eigenvalue weighted by atomic mass is 9.96. The summed E-state index contributed by atoms with van der Waals surface area (Å²) in [5.41, 5.74) is 0.780. The van der Waals surface area contributed by atoms with Gasteiger partial charge in [0.2, 0.25) is 0 Å². The Balaban J connectivity index is 2.46. The number of aliphatic hydroxyl groups is 1. The lowest BCUT2D eigenvalue weighted by Gasteiger charge is -2.08. The summed E-state index contributed by atoms with van der Waals surface area (Å²) in [5.74, 6) is -0.314. The van der Waals surface area contributed by atoms with E-state index < -0.39 is 12.0 Å². The lowest BCUT2D eigenvalue weighted by molar-refractivity contribution is -0.136. The molecule has 0 radical (unpaired) electrons. The van der Waals surface area contributed by atoms with Crippen molar-refractivity contribution >= 4 is 5.97 Å². The summed E-state index contributed by atoms with van der Waals surface area (Å²) in [6.07, 6.45) is -0.698. The summed E-state index contributed by atoms with van der Waals surface area (Å²) in [6.45, 7) is 1.59. The highest BCUT2D eigenvalue weighted by atomic mass is 16.5. The Bertz CT molecular complexity index is 344. The molecule has 0 bridgehead atoms. The molecule has 13 heavy (non-hydrogen) atoms. The largest absolute Gasteiger partial charge is 0.426 e. The summed E-state index contributed by atoms with van der Waals surface area (Å²) in [7, 11) is 0. The van der Waals surface area contributed by atoms with Crippen LogP contribution in [0.2, 0.25) is 0 Å². The van der Waals surface area contributed by atoms with Crippen LogP contribution in [0, 0.1) is 0 Å². The predicted octanol–water partition coefficient (Wildman–Crippen LogP) is 1.07. The summed E-state index contributed by atoms with van der Waals surface area (Å²) >= 11 is 0. The second kappa shape index (κ2) is 2.85. The summed E-state index contributed by atoms with van der Waals surface area (Å²) in [5, 5.41) is 9.37. The first kappa shape index (κ1) is 8.26. The molecule has 3 heteroatoms. The van der Waals surface area contributed by atoms with Gasteiger partial charge in [0.1, 0.15) is 11.7 Å². The number of ether oxygens (including phenoxy) is 1. The van der Waals surface area contributed by atoms with E-state index in [0.29, 0.717) is 5.75 Å². The number of esters is 1. The minimum atomic E-state index is -0.698. The van der Waals surface area contributed by atoms with Gasteiger partial charge in [-0.3, -0.25) is 4.79 Å². The summed E-state index contributed by atoms with van der Waals surface area (Å²) in [4.78, 5) is 11.3. The van der Waals surface area contributed by atoms with Gasteiger partial charge in [0.05, 0.1) is 6.10 Å². The second-order valence-corrected chi connectivity index (χ2v) is 3.18. The molecule has 1 aliphatic rings. The Labute approximate surface area is 76.0 Å². The highest BCUT2D eigenvalue weighted by Gasteiger charge is 2.35. The number of carbonyl (C=O) groups is 1. The molecule has 2 rings (SSSR count). The van der Waals surface area contributed by atoms with Crippen molar-refractivity contribution in [1.29, 1.82) is 0 Å². The predicted molar refractivity (Wildman–Crippen MR) is 46.5 cm³/mol. The molecule has 1 aliphatic heterocycles. The van der Waals surface area contributed by atoms with Crippen LogP contribution in [-0.4, -0.2) is 17.2 Å². The van der Waals surface area contributed by atoms with Crippen molar-refractivity contribution in [2.24, 2.45) is 0 Å². The van der Waals surface area contributed by atoms with Crippen LogP contribution in [0.3, 0.4) is 0 Å². The number of hydrogen-bond donors (Lipinski definition) is 1. The van der Waals surface area contributed by atoms with E-state index in [1.807, 2.05) is 6.07 Å². The van der Waals surface area contributed by atoms with Gasteiger partial charge >= 0.3 is 5.97 Å². The Morgan fingerprint density at radius 3 is 2.85 bits per heavy atom. The Morgan fingerprint density at radius 2 is 2.15 bits per heavy atom. The third kappa shape index (κ3) is 1.21. The molecule has 1 N–H and O–H groups in total. The van der Waals surface area contributed by atoms with Crippen LogP contribution >= 0.6 is 0 Å². The van der Waals surface area contributed by atoms with E-state index in [0.717, 1.165) is 5.56 Å². The smallest absolute Gasteiger partial charge is 0.321 e. The molecular formula is C10H10O3. The number of fused-ring (bicyclic) bond motifs is 1. The van der Waals surface area contributed by atoms with E-state index in [1.165, 1.54) is 0 Å². The Hall–Kier alpha value is -1.35. The Kier molecular flexibility index (Phi) is 1.81. The van der Waals surface area contributed by atoms with Gasteiger partial charge in [-0.25, -0.2) is 0 Å². The standard InChI is InChI=1S/C10H10O3/c1-6(11)9-7-4-2-3-5-8(7)13-10(9)12/h2-6,9,11H,1H3. The van der Waals surface area contributed by atoms with Crippen molar-refractivity contribution in [2.45, 2.75) is 18.9 Å². The van der Waals surface area contributed by atoms with Crippen LogP contribution in [0.5, 0.6) is 5.75 Å². The topological polar surface area (TPSA) is 46.5 Å². The molecule has 0 fully saturated rings. The van der Waals surface area contributed by atoms with Crippen LogP contribution in [-0.2, 0) is 4.79 Å². The van der Waals surface area contributed by atoms with E-state index in [-0.39, 0.29) is 5.97 Å². The van der Waals surface area contributed by atoms with Gasteiger partial charge in [-0.1, -0.05) is 18.2 Å². The number of carbonyl (C=O) groups excluding carboxylic acids is 1. The van der Waals surface area contributed by atoms with E-state index in [4.69, 9.17) is 4.74 Å². The van der Waals surface area contributed by atoms with Crippen LogP contribution in [0.25, 0.3) is 0 Å². The number of benzene rings is 1. The Morgan fingerprint density at radius 1 is 1.46 bits per heavy atom. The minimum Gasteiger partial charge on any atom is -0.426 e. The van der Waals surface area contributed by atoms with Gasteiger partial charge in [-0.05, 0) is 13.0 Å². The molecule has 1 aromatic carbocycles. The van der Waals surface area contributed by atoms with Gasteiger partial charge in [-0.2, -0.15) is 0 Å². The maximum Gasteiger partial charge on any atom is 0.321 e. The highest BCUT2D eigenvalue weighted by molar-refractivity contribution is 5.86. The SMILES string of the molecule is CC(O)C1C(=O)Oc2ccccc21. The lowest BCUT2D eigenvalue weighted by Crippen LogP contribution is -2.21. The zero-order valence-electron chi connectivity index (χ0n) is 7.23. The van der Waals surface area contributed by atoms with Crippen molar-refractivity contribution in [2.75, 3.05) is 0 Å². The zero-order valence-corrected chi connectivity index (χ0v) is 7.23. The summed E-state index contributed by atoms with van der Waals surface area (Å²) in [6, 6.07) is 7.17. The normalized spacial score (nSPS) is 22.3. The number of aliphatic hydroxyl groups excluding tert-OH is 1. The fourth-order valence-electron chi connectivity index (χ4n) is 1.59. The molecular weight excluding hydrogens is 168 g/mol. The van der Waals surface area contributed by atoms with Gasteiger partial charge in [0, 0.05) is 5.56 Å². The zero-order chi connectivity index (χ0) is 9.42. The number of rotatable bonds is 1. The first-order chi connectivity index (χ1) is 6.20. The fourth-order valence-corrected chi connectivity index (χ4v) is 1.59. The first-order valence-electron chi connectivity index (χ1n) is 4.19. The number of para-hydroxylation sites is 1. The molecule has 0 spiro atoms. The third-order valence-corrected chi connectivity index (χ3v) is 2.20. The molecule has 1 aromatic rings. The summed E-state index contributed by atoms with van der Waals surface area (Å²) < 4.78 is 4.98. The molecule has 68 valence electrons. The molecule has 2 unspecified atom stereocenters. The quantitative estimate of drug-likeness (QED) is 0.517. The van der Waals surface area contributed by atoms with E-state index >= 15 is 0 Å². The molecule has 2 atom stereocenters. The molecule has 1 heterocycles. The van der Waals surface area contributed by atoms with Crippen LogP contribution in [0.4, 0.5) is 0 Å². The molecule has 0 amide bonds. The number of hydrogen-bond acceptors (Lipinski definition) is 3. The van der Waals surface area contributed by atoms with Crippen molar-refractivity contribution in [3.05, 3.63) is 29.8 Å². The monoisotopic (exact) mass is 178 g/mol. The van der Waals surface area contributed by atoms with Crippen LogP contribution in [0.15, 0.2) is 24.3 Å². The minimum absolute atomic E-state index is 0.365. The second-order valence-electron chi connectivity index (χ2n) is 3.18. The first-order valence-corrected chi connectivity index (χ1v) is 4.19. The fraction of sp³-hybridized carbons (Fsp3) is 0.300. The van der Waals surface area contributed by atoms with Crippen molar-refractivity contribution in [1.82, 2.24) is 0 Å². The van der Waals surface area contributed by atoms with Crippen molar-refractivity contribution in [3.8, 4) is 5.75 Å². The van der Waals surface area contributed by atoms with E-state index in [1.54, 1.807) is 25.1 Å². The molecule has 0 saturated carbocycles. The van der Waals surface area contributed by atoms with Crippen molar-refractivity contribution < 1.29 is 14.6 Å². The van der Waals surface area contributed by atoms with Crippen molar-refractivity contribution in [3.63, 3.8) is 0 Å². The van der Waals surface area contributed by atoms with Crippen LogP contribution < -0.4 is 4.74 Å².